The molecule has 0 bridgehead atoms. The first-order valence-electron chi connectivity index (χ1n) is 8.32. The van der Waals surface area contributed by atoms with Crippen molar-refractivity contribution in [1.82, 2.24) is 15.0 Å². The predicted molar refractivity (Wildman–Crippen MR) is 106 cm³/mol. The van der Waals surface area contributed by atoms with Crippen LogP contribution in [0.2, 0.25) is 0 Å². The van der Waals surface area contributed by atoms with Gasteiger partial charge in [0.1, 0.15) is 16.2 Å². The van der Waals surface area contributed by atoms with Crippen LogP contribution in [0.5, 0.6) is 0 Å². The first-order valence-corrected chi connectivity index (χ1v) is 10.1. The van der Waals surface area contributed by atoms with E-state index in [4.69, 9.17) is 9.72 Å². The summed E-state index contributed by atoms with van der Waals surface area (Å²) in [4.78, 5) is 15.0. The molecule has 6 heteroatoms. The smallest absolute Gasteiger partial charge is 0.126 e. The molecule has 0 saturated carbocycles. The highest BCUT2D eigenvalue weighted by Gasteiger charge is 2.30. The Kier molecular flexibility index (Phi) is 4.09. The molecule has 0 spiro atoms. The molecule has 3 aromatic heterocycles. The van der Waals surface area contributed by atoms with Gasteiger partial charge in [-0.05, 0) is 33.3 Å². The normalized spacial score (nSPS) is 16.3. The molecule has 0 unspecified atom stereocenters. The van der Waals surface area contributed by atoms with Crippen LogP contribution in [0.3, 0.4) is 0 Å². The van der Waals surface area contributed by atoms with Crippen LogP contribution in [0, 0.1) is 6.92 Å². The minimum atomic E-state index is -0.160. The summed E-state index contributed by atoms with van der Waals surface area (Å²) in [7, 11) is 0. The molecule has 130 valence electrons. The Morgan fingerprint density at radius 2 is 2.16 bits per heavy atom. The Labute approximate surface area is 155 Å². The van der Waals surface area contributed by atoms with Gasteiger partial charge in [-0.15, -0.1) is 23.1 Å². The van der Waals surface area contributed by atoms with Crippen LogP contribution in [0.15, 0.2) is 23.5 Å². The molecule has 4 heterocycles. The maximum Gasteiger partial charge on any atom is 0.126 e. The molecule has 25 heavy (non-hydrogen) atoms. The van der Waals surface area contributed by atoms with Crippen LogP contribution in [0.25, 0.3) is 20.4 Å². The van der Waals surface area contributed by atoms with Gasteiger partial charge in [0.15, 0.2) is 0 Å². The van der Waals surface area contributed by atoms with E-state index in [0.29, 0.717) is 6.61 Å². The zero-order valence-electron chi connectivity index (χ0n) is 15.0. The van der Waals surface area contributed by atoms with Crippen LogP contribution in [0.1, 0.15) is 37.6 Å². The van der Waals surface area contributed by atoms with Crippen molar-refractivity contribution in [2.24, 2.45) is 0 Å². The molecule has 3 aromatic rings. The number of pyridine rings is 1. The summed E-state index contributed by atoms with van der Waals surface area (Å²) in [5, 5.41) is 2.21. The summed E-state index contributed by atoms with van der Waals surface area (Å²) in [5.41, 5.74) is 5.64. The fraction of sp³-hybridized carbons (Fsp3) is 0.421. The number of hydrogen-bond acceptors (Lipinski definition) is 6. The van der Waals surface area contributed by atoms with E-state index in [9.17, 15) is 0 Å². The molecule has 0 saturated heterocycles. The minimum Gasteiger partial charge on any atom is -0.370 e. The zero-order valence-corrected chi connectivity index (χ0v) is 16.6. The quantitative estimate of drug-likeness (QED) is 0.365. The van der Waals surface area contributed by atoms with Gasteiger partial charge in [-0.1, -0.05) is 12.2 Å². The van der Waals surface area contributed by atoms with Gasteiger partial charge in [-0.25, -0.2) is 15.0 Å². The van der Waals surface area contributed by atoms with E-state index in [2.05, 4.69) is 37.3 Å². The van der Waals surface area contributed by atoms with Crippen molar-refractivity contribution >= 4 is 43.5 Å². The van der Waals surface area contributed by atoms with Gasteiger partial charge in [0, 0.05) is 28.8 Å². The Morgan fingerprint density at radius 1 is 1.36 bits per heavy atom. The van der Waals surface area contributed by atoms with E-state index in [-0.39, 0.29) is 5.60 Å². The van der Waals surface area contributed by atoms with E-state index < -0.39 is 0 Å². The molecule has 4 rings (SSSR count). The second-order valence-electron chi connectivity index (χ2n) is 7.26. The lowest BCUT2D eigenvalue weighted by Gasteiger charge is -2.32. The first-order chi connectivity index (χ1) is 11.9. The third-order valence-electron chi connectivity index (χ3n) is 4.46. The van der Waals surface area contributed by atoms with Crippen LogP contribution in [-0.4, -0.2) is 26.3 Å². The van der Waals surface area contributed by atoms with Crippen molar-refractivity contribution < 1.29 is 4.74 Å². The lowest BCUT2D eigenvalue weighted by atomic mass is 9.89. The van der Waals surface area contributed by atoms with Gasteiger partial charge in [-0.2, -0.15) is 0 Å². The highest BCUT2D eigenvalue weighted by Crippen LogP contribution is 2.42. The summed E-state index contributed by atoms with van der Waals surface area (Å²) in [6.45, 7) is 13.0. The van der Waals surface area contributed by atoms with Gasteiger partial charge in [0.25, 0.3) is 0 Å². The molecule has 1 aliphatic heterocycles. The SMILES string of the molecule is C=C(C)CSc1ncnc2c1sc1nc(C)c3c(c12)CC(C)(C)OC3. The van der Waals surface area contributed by atoms with Gasteiger partial charge in [0.05, 0.1) is 22.4 Å². The molecule has 4 nitrogen and oxygen atoms in total. The monoisotopic (exact) mass is 371 g/mol. The average Bonchev–Trinajstić information content (AvgIpc) is 2.90. The van der Waals surface area contributed by atoms with Crippen LogP contribution < -0.4 is 0 Å². The lowest BCUT2D eigenvalue weighted by molar-refractivity contribution is -0.0400. The van der Waals surface area contributed by atoms with Crippen molar-refractivity contribution in [3.63, 3.8) is 0 Å². The van der Waals surface area contributed by atoms with E-state index in [0.717, 1.165) is 43.5 Å². The summed E-state index contributed by atoms with van der Waals surface area (Å²) in [6.07, 6.45) is 2.55. The molecular formula is C19H21N3OS2. The number of fused-ring (bicyclic) bond motifs is 5. The maximum atomic E-state index is 6.02. The molecule has 0 N–H and O–H groups in total. The van der Waals surface area contributed by atoms with Crippen molar-refractivity contribution in [3.05, 3.63) is 35.3 Å². The van der Waals surface area contributed by atoms with Crippen molar-refractivity contribution in [3.8, 4) is 0 Å². The van der Waals surface area contributed by atoms with Crippen molar-refractivity contribution in [2.75, 3.05) is 5.75 Å². The Bertz CT molecular complexity index is 1010. The number of hydrogen-bond donors (Lipinski definition) is 0. The van der Waals surface area contributed by atoms with E-state index in [1.54, 1.807) is 29.4 Å². The number of aromatic nitrogens is 3. The molecular weight excluding hydrogens is 350 g/mol. The first kappa shape index (κ1) is 16.9. The number of nitrogens with zero attached hydrogens (tertiary/aromatic N) is 3. The molecule has 0 atom stereocenters. The third-order valence-corrected chi connectivity index (χ3v) is 6.89. The number of ether oxygens (including phenoxy) is 1. The largest absolute Gasteiger partial charge is 0.370 e. The van der Waals surface area contributed by atoms with Crippen LogP contribution >= 0.6 is 23.1 Å². The standard InChI is InChI=1S/C19H21N3OS2/c1-10(2)8-24-18-16-15(20-9-21-18)14-12-6-19(4,5)23-7-13(12)11(3)22-17(14)25-16/h9H,1,6-8H2,2-5H3. The number of thiophene rings is 1. The van der Waals surface area contributed by atoms with Crippen molar-refractivity contribution in [1.29, 1.82) is 0 Å². The Hall–Kier alpha value is -1.50. The molecule has 1 aliphatic rings. The Balaban J connectivity index is 1.97. The molecule has 0 radical (unpaired) electrons. The molecule has 0 fully saturated rings. The molecule has 0 amide bonds. The van der Waals surface area contributed by atoms with Crippen LogP contribution in [-0.2, 0) is 17.8 Å². The van der Waals surface area contributed by atoms with E-state index in [1.807, 2.05) is 6.92 Å². The van der Waals surface area contributed by atoms with E-state index >= 15 is 0 Å². The predicted octanol–water partition coefficient (Wildman–Crippen LogP) is 5.07. The topological polar surface area (TPSA) is 47.9 Å². The summed E-state index contributed by atoms with van der Waals surface area (Å²) < 4.78 is 7.15. The highest BCUT2D eigenvalue weighted by molar-refractivity contribution is 7.99. The minimum absolute atomic E-state index is 0.160. The number of rotatable bonds is 3. The van der Waals surface area contributed by atoms with Crippen molar-refractivity contribution in [2.45, 2.75) is 51.3 Å². The second kappa shape index (κ2) is 6.04. The summed E-state index contributed by atoms with van der Waals surface area (Å²) in [5.74, 6) is 0.867. The maximum absolute atomic E-state index is 6.02. The molecule has 0 aliphatic carbocycles. The van der Waals surface area contributed by atoms with Crippen LogP contribution in [0.4, 0.5) is 0 Å². The van der Waals surface area contributed by atoms with Gasteiger partial charge >= 0.3 is 0 Å². The number of thioether (sulfide) groups is 1. The summed E-state index contributed by atoms with van der Waals surface area (Å²) >= 11 is 3.42. The third kappa shape index (κ3) is 2.96. The van der Waals surface area contributed by atoms with Gasteiger partial charge in [-0.3, -0.25) is 0 Å². The van der Waals surface area contributed by atoms with Gasteiger partial charge < -0.3 is 4.74 Å². The lowest BCUT2D eigenvalue weighted by Crippen LogP contribution is -2.32. The average molecular weight is 372 g/mol. The second-order valence-corrected chi connectivity index (χ2v) is 9.23. The molecule has 0 aromatic carbocycles. The van der Waals surface area contributed by atoms with Gasteiger partial charge in [0.2, 0.25) is 0 Å². The van der Waals surface area contributed by atoms with E-state index in [1.165, 1.54) is 16.5 Å². The fourth-order valence-corrected chi connectivity index (χ4v) is 5.37. The Morgan fingerprint density at radius 3 is 2.92 bits per heavy atom. The zero-order chi connectivity index (χ0) is 17.8. The fourth-order valence-electron chi connectivity index (χ4n) is 3.24. The highest BCUT2D eigenvalue weighted by atomic mass is 32.2. The number of aryl methyl sites for hydroxylation is 1. The summed E-state index contributed by atoms with van der Waals surface area (Å²) in [6, 6.07) is 0.